The van der Waals surface area contributed by atoms with Crippen LogP contribution in [0.25, 0.3) is 0 Å². The van der Waals surface area contributed by atoms with Gasteiger partial charge in [0.2, 0.25) is 0 Å². The number of benzene rings is 2. The lowest BCUT2D eigenvalue weighted by Gasteiger charge is -2.18. The van der Waals surface area contributed by atoms with Crippen LogP contribution in [0, 0.1) is 20.8 Å². The van der Waals surface area contributed by atoms with E-state index < -0.39 is 0 Å². The second-order valence-electron chi connectivity index (χ2n) is 7.61. The summed E-state index contributed by atoms with van der Waals surface area (Å²) in [5, 5.41) is 4.00. The van der Waals surface area contributed by atoms with Crippen LogP contribution >= 0.6 is 0 Å². The van der Waals surface area contributed by atoms with Crippen LogP contribution in [0.2, 0.25) is 0 Å². The maximum atomic E-state index is 11.9. The molecule has 0 bridgehead atoms. The fraction of sp³-hybridized carbons (Fsp3) is 0.364. The number of hydrogen-bond acceptors (Lipinski definition) is 3. The Morgan fingerprint density at radius 1 is 1.04 bits per heavy atom. The van der Waals surface area contributed by atoms with Crippen molar-refractivity contribution >= 4 is 12.1 Å². The predicted octanol–water partition coefficient (Wildman–Crippen LogP) is 4.44. The van der Waals surface area contributed by atoms with Gasteiger partial charge in [-0.15, -0.1) is 0 Å². The molecular formula is C22H28N2O2. The van der Waals surface area contributed by atoms with Gasteiger partial charge >= 0.3 is 0 Å². The number of ether oxygens (including phenoxy) is 1. The van der Waals surface area contributed by atoms with Crippen LogP contribution < -0.4 is 10.2 Å². The highest BCUT2D eigenvalue weighted by Gasteiger charge is 2.12. The molecule has 26 heavy (non-hydrogen) atoms. The molecule has 0 aliphatic carbocycles. The smallest absolute Gasteiger partial charge is 0.277 e. The first-order chi connectivity index (χ1) is 12.2. The summed E-state index contributed by atoms with van der Waals surface area (Å²) < 4.78 is 5.68. The Morgan fingerprint density at radius 2 is 1.65 bits per heavy atom. The van der Waals surface area contributed by atoms with Crippen molar-refractivity contribution in [3.8, 4) is 5.75 Å². The molecule has 0 aromatic heterocycles. The number of carbonyl (C=O) groups is 1. The third kappa shape index (κ3) is 5.19. The molecule has 0 aliphatic heterocycles. The van der Waals surface area contributed by atoms with E-state index in [1.165, 1.54) is 5.56 Å². The first-order valence-electron chi connectivity index (χ1n) is 8.80. The molecule has 0 unspecified atom stereocenters. The van der Waals surface area contributed by atoms with Crippen LogP contribution in [0.1, 0.15) is 48.6 Å². The van der Waals surface area contributed by atoms with Crippen LogP contribution in [0.4, 0.5) is 0 Å². The number of nitrogens with zero attached hydrogens (tertiary/aromatic N) is 1. The lowest BCUT2D eigenvalue weighted by molar-refractivity contribution is -0.123. The van der Waals surface area contributed by atoms with E-state index in [9.17, 15) is 4.79 Å². The molecule has 1 amide bonds. The summed E-state index contributed by atoms with van der Waals surface area (Å²) in [7, 11) is 0. The van der Waals surface area contributed by atoms with E-state index in [-0.39, 0.29) is 17.9 Å². The molecule has 0 spiro atoms. The van der Waals surface area contributed by atoms with E-state index in [1.807, 2.05) is 45.0 Å². The van der Waals surface area contributed by atoms with E-state index in [1.54, 1.807) is 6.21 Å². The molecule has 0 aliphatic rings. The zero-order valence-electron chi connectivity index (χ0n) is 16.5. The average Bonchev–Trinajstić information content (AvgIpc) is 2.58. The summed E-state index contributed by atoms with van der Waals surface area (Å²) in [6.07, 6.45) is 1.63. The van der Waals surface area contributed by atoms with Crippen molar-refractivity contribution in [2.75, 3.05) is 6.61 Å². The van der Waals surface area contributed by atoms with Crippen LogP contribution in [0.15, 0.2) is 41.5 Å². The summed E-state index contributed by atoms with van der Waals surface area (Å²) in [6, 6.07) is 12.2. The maximum absolute atomic E-state index is 11.9. The van der Waals surface area contributed by atoms with E-state index in [0.29, 0.717) is 0 Å². The van der Waals surface area contributed by atoms with Gasteiger partial charge in [0.05, 0.1) is 6.21 Å². The van der Waals surface area contributed by atoms with Crippen molar-refractivity contribution in [1.82, 2.24) is 5.43 Å². The van der Waals surface area contributed by atoms with Gasteiger partial charge in [-0.1, -0.05) is 57.2 Å². The number of hydrazone groups is 1. The number of nitrogens with one attached hydrogen (secondary N) is 1. The van der Waals surface area contributed by atoms with Crippen molar-refractivity contribution in [2.45, 2.75) is 47.0 Å². The standard InChI is InChI=1S/C22H28N2O2/c1-15-7-8-16(2)21(17(15)3)26-14-20(25)24-23-13-18-9-11-19(12-10-18)22(4,5)6/h7-13H,14H2,1-6H3,(H,24,25). The molecule has 1 N–H and O–H groups in total. The SMILES string of the molecule is Cc1ccc(C)c(OCC(=O)NN=Cc2ccc(C(C)(C)C)cc2)c1C. The third-order valence-electron chi connectivity index (χ3n) is 4.40. The Bertz CT molecular complexity index is 800. The van der Waals surface area contributed by atoms with Gasteiger partial charge in [-0.25, -0.2) is 5.43 Å². The molecule has 0 heterocycles. The lowest BCUT2D eigenvalue weighted by Crippen LogP contribution is -2.25. The zero-order valence-corrected chi connectivity index (χ0v) is 16.5. The fourth-order valence-corrected chi connectivity index (χ4v) is 2.57. The highest BCUT2D eigenvalue weighted by atomic mass is 16.5. The molecule has 138 valence electrons. The number of carbonyl (C=O) groups excluding carboxylic acids is 1. The minimum atomic E-state index is -0.284. The second kappa shape index (κ2) is 8.17. The van der Waals surface area contributed by atoms with Crippen molar-refractivity contribution in [3.05, 3.63) is 64.2 Å². The zero-order chi connectivity index (χ0) is 19.3. The minimum absolute atomic E-state index is 0.0641. The fourth-order valence-electron chi connectivity index (χ4n) is 2.57. The summed E-state index contributed by atoms with van der Waals surface area (Å²) >= 11 is 0. The molecule has 0 atom stereocenters. The highest BCUT2D eigenvalue weighted by Crippen LogP contribution is 2.25. The van der Waals surface area contributed by atoms with Crippen LogP contribution in [0.5, 0.6) is 5.75 Å². The Kier molecular flexibility index (Phi) is 6.19. The van der Waals surface area contributed by atoms with E-state index in [2.05, 4.69) is 43.4 Å². The minimum Gasteiger partial charge on any atom is -0.483 e. The molecule has 4 nitrogen and oxygen atoms in total. The summed E-state index contributed by atoms with van der Waals surface area (Å²) in [5.41, 5.74) is 8.03. The normalized spacial score (nSPS) is 11.6. The van der Waals surface area contributed by atoms with Gasteiger partial charge in [0.1, 0.15) is 5.75 Å². The van der Waals surface area contributed by atoms with Crippen LogP contribution in [-0.4, -0.2) is 18.7 Å². The number of aryl methyl sites for hydroxylation is 2. The van der Waals surface area contributed by atoms with Crippen molar-refractivity contribution < 1.29 is 9.53 Å². The van der Waals surface area contributed by atoms with Gasteiger partial charge < -0.3 is 4.74 Å². The molecule has 0 radical (unpaired) electrons. The Hall–Kier alpha value is -2.62. The van der Waals surface area contributed by atoms with E-state index >= 15 is 0 Å². The molecular weight excluding hydrogens is 324 g/mol. The van der Waals surface area contributed by atoms with Gasteiger partial charge in [0, 0.05) is 0 Å². The third-order valence-corrected chi connectivity index (χ3v) is 4.40. The van der Waals surface area contributed by atoms with Crippen molar-refractivity contribution in [1.29, 1.82) is 0 Å². The van der Waals surface area contributed by atoms with Gasteiger partial charge in [0.15, 0.2) is 6.61 Å². The second-order valence-corrected chi connectivity index (χ2v) is 7.61. The average molecular weight is 352 g/mol. The molecule has 0 saturated heterocycles. The lowest BCUT2D eigenvalue weighted by atomic mass is 9.87. The molecule has 4 heteroatoms. The highest BCUT2D eigenvalue weighted by molar-refractivity contribution is 5.83. The van der Waals surface area contributed by atoms with Crippen molar-refractivity contribution in [2.24, 2.45) is 5.10 Å². The largest absolute Gasteiger partial charge is 0.483 e. The summed E-state index contributed by atoms with van der Waals surface area (Å²) in [6.45, 7) is 12.5. The maximum Gasteiger partial charge on any atom is 0.277 e. The topological polar surface area (TPSA) is 50.7 Å². The first-order valence-corrected chi connectivity index (χ1v) is 8.80. The number of rotatable bonds is 5. The van der Waals surface area contributed by atoms with E-state index in [4.69, 9.17) is 4.74 Å². The molecule has 2 aromatic rings. The quantitative estimate of drug-likeness (QED) is 0.639. The van der Waals surface area contributed by atoms with Gasteiger partial charge in [-0.2, -0.15) is 5.10 Å². The van der Waals surface area contributed by atoms with Crippen LogP contribution in [-0.2, 0) is 10.2 Å². The molecule has 2 aromatic carbocycles. The Balaban J connectivity index is 1.89. The predicted molar refractivity (Wildman–Crippen MR) is 107 cm³/mol. The Labute approximate surface area is 156 Å². The number of hydrogen-bond donors (Lipinski definition) is 1. The first kappa shape index (κ1) is 19.7. The Morgan fingerprint density at radius 3 is 2.27 bits per heavy atom. The molecule has 0 saturated carbocycles. The van der Waals surface area contributed by atoms with Crippen molar-refractivity contribution in [3.63, 3.8) is 0 Å². The monoisotopic (exact) mass is 352 g/mol. The van der Waals surface area contributed by atoms with Gasteiger partial charge in [-0.3, -0.25) is 4.79 Å². The summed E-state index contributed by atoms with van der Waals surface area (Å²) in [4.78, 5) is 11.9. The van der Waals surface area contributed by atoms with Gasteiger partial charge in [-0.05, 0) is 54.0 Å². The van der Waals surface area contributed by atoms with Crippen LogP contribution in [0.3, 0.4) is 0 Å². The number of amides is 1. The van der Waals surface area contributed by atoms with E-state index in [0.717, 1.165) is 28.0 Å². The van der Waals surface area contributed by atoms with Gasteiger partial charge in [0.25, 0.3) is 5.91 Å². The molecule has 2 rings (SSSR count). The summed E-state index contributed by atoms with van der Waals surface area (Å²) in [5.74, 6) is 0.481. The molecule has 0 fully saturated rings.